The van der Waals surface area contributed by atoms with Crippen LogP contribution in [0.4, 0.5) is 0 Å². The monoisotopic (exact) mass is 372 g/mol. The lowest BCUT2D eigenvalue weighted by Gasteiger charge is -2.15. The molecule has 0 unspecified atom stereocenters. The molecule has 0 amide bonds. The van der Waals surface area contributed by atoms with Gasteiger partial charge < -0.3 is 19.8 Å². The minimum Gasteiger partial charge on any atom is -0.481 e. The van der Waals surface area contributed by atoms with Gasteiger partial charge in [-0.05, 0) is 50.4 Å². The van der Waals surface area contributed by atoms with Gasteiger partial charge in [-0.25, -0.2) is 0 Å². The number of carbonyl (C=O) groups excluding carboxylic acids is 2. The summed E-state index contributed by atoms with van der Waals surface area (Å²) in [4.78, 5) is 42.6. The molecule has 0 aliphatic rings. The zero-order chi connectivity index (χ0) is 20.9. The Labute approximate surface area is 157 Å². The van der Waals surface area contributed by atoms with Crippen molar-refractivity contribution >= 4 is 23.5 Å². The van der Waals surface area contributed by atoms with Gasteiger partial charge in [-0.2, -0.15) is 0 Å². The van der Waals surface area contributed by atoms with Gasteiger partial charge in [0.25, 0.3) is 0 Å². The van der Waals surface area contributed by atoms with Gasteiger partial charge in [0, 0.05) is 25.7 Å². The van der Waals surface area contributed by atoms with Crippen molar-refractivity contribution in [2.75, 3.05) is 0 Å². The summed E-state index contributed by atoms with van der Waals surface area (Å²) in [5, 5.41) is 17.2. The molecule has 0 aromatic heterocycles. The third-order valence-electron chi connectivity index (χ3n) is 3.69. The Hall–Kier alpha value is -1.72. The Morgan fingerprint density at radius 3 is 1.04 bits per heavy atom. The van der Waals surface area contributed by atoms with Gasteiger partial charge in [-0.15, -0.1) is 0 Å². The van der Waals surface area contributed by atoms with Crippen molar-refractivity contribution in [2.45, 2.75) is 80.1 Å². The molecule has 0 fully saturated rings. The second kappa shape index (κ2) is 14.4. The summed E-state index contributed by atoms with van der Waals surface area (Å²) in [6.07, 6.45) is 2.63. The van der Waals surface area contributed by atoms with Crippen molar-refractivity contribution in [1.82, 2.24) is 0 Å². The molecule has 6 nitrogen and oxygen atoms in total. The van der Waals surface area contributed by atoms with Gasteiger partial charge in [0.2, 0.25) is 0 Å². The second-order valence-electron chi connectivity index (χ2n) is 8.00. The molecular weight excluding hydrogens is 336 g/mol. The first-order valence-corrected chi connectivity index (χ1v) is 9.25. The largest absolute Gasteiger partial charge is 0.481 e. The van der Waals surface area contributed by atoms with Crippen LogP contribution in [0.1, 0.15) is 80.1 Å². The zero-order valence-electron chi connectivity index (χ0n) is 17.1. The first-order chi connectivity index (χ1) is 11.8. The van der Waals surface area contributed by atoms with E-state index in [2.05, 4.69) is 0 Å². The van der Waals surface area contributed by atoms with E-state index in [-0.39, 0.29) is 36.2 Å². The van der Waals surface area contributed by atoms with E-state index in [9.17, 15) is 19.2 Å². The fourth-order valence-electron chi connectivity index (χ4n) is 3.12. The molecule has 0 saturated heterocycles. The highest BCUT2D eigenvalue weighted by Gasteiger charge is 2.17. The molecule has 0 saturated carbocycles. The maximum atomic E-state index is 10.8. The molecular formula is C20H36O6. The highest BCUT2D eigenvalue weighted by Crippen LogP contribution is 2.20. The highest BCUT2D eigenvalue weighted by molar-refractivity contribution is 5.77. The van der Waals surface area contributed by atoms with Crippen LogP contribution in [0.2, 0.25) is 0 Å². The van der Waals surface area contributed by atoms with Crippen LogP contribution in [0.15, 0.2) is 0 Å². The quantitative estimate of drug-likeness (QED) is 0.531. The normalized spacial score (nSPS) is 12.9. The highest BCUT2D eigenvalue weighted by atomic mass is 16.4. The molecule has 6 heteroatoms. The summed E-state index contributed by atoms with van der Waals surface area (Å²) in [5.74, 6) is -0.560. The minimum atomic E-state index is -0.813. The molecule has 26 heavy (non-hydrogen) atoms. The number of carboxylic acid groups (broad SMARTS) is 2. The number of hydrogen-bond acceptors (Lipinski definition) is 4. The molecule has 0 radical (unpaired) electrons. The predicted octanol–water partition coefficient (Wildman–Crippen LogP) is 4.21. The van der Waals surface area contributed by atoms with Crippen LogP contribution >= 0.6 is 0 Å². The summed E-state index contributed by atoms with van der Waals surface area (Å²) < 4.78 is 0. The molecule has 0 rings (SSSR count). The Kier molecular flexibility index (Phi) is 14.7. The fraction of sp³-hybridized carbons (Fsp3) is 0.800. The SMILES string of the molecule is CC(=O)C[C@@H](CC(=O)O)CC(C)C.CC(=O)C[C@H](CC(=O)O)CC(C)C. The van der Waals surface area contributed by atoms with Gasteiger partial charge in [0.05, 0.1) is 0 Å². The average Bonchev–Trinajstić information content (AvgIpc) is 2.33. The number of carbonyl (C=O) groups is 4. The molecule has 2 N–H and O–H groups in total. The second-order valence-corrected chi connectivity index (χ2v) is 8.00. The topological polar surface area (TPSA) is 109 Å². The van der Waals surface area contributed by atoms with Crippen LogP contribution in [0, 0.1) is 23.7 Å². The number of ketones is 2. The smallest absolute Gasteiger partial charge is 0.303 e. The van der Waals surface area contributed by atoms with Gasteiger partial charge >= 0.3 is 11.9 Å². The van der Waals surface area contributed by atoms with E-state index in [1.165, 1.54) is 13.8 Å². The van der Waals surface area contributed by atoms with Crippen LogP contribution in [-0.2, 0) is 19.2 Å². The maximum absolute atomic E-state index is 10.8. The number of hydrogen-bond donors (Lipinski definition) is 2. The third-order valence-corrected chi connectivity index (χ3v) is 3.69. The number of aliphatic carboxylic acids is 2. The van der Waals surface area contributed by atoms with E-state index in [1.54, 1.807) is 0 Å². The molecule has 0 aromatic rings. The Morgan fingerprint density at radius 2 is 0.885 bits per heavy atom. The van der Waals surface area contributed by atoms with E-state index in [4.69, 9.17) is 10.2 Å². The van der Waals surface area contributed by atoms with Crippen LogP contribution in [0.3, 0.4) is 0 Å². The molecule has 0 heterocycles. The molecule has 0 spiro atoms. The fourth-order valence-corrected chi connectivity index (χ4v) is 3.12. The Bertz CT molecular complexity index is 379. The summed E-state index contributed by atoms with van der Waals surface area (Å²) in [6.45, 7) is 11.2. The van der Waals surface area contributed by atoms with Gasteiger partial charge in [-0.1, -0.05) is 27.7 Å². The van der Waals surface area contributed by atoms with Crippen molar-refractivity contribution in [3.63, 3.8) is 0 Å². The predicted molar refractivity (Wildman–Crippen MR) is 101 cm³/mol. The average molecular weight is 373 g/mol. The summed E-state index contributed by atoms with van der Waals surface area (Å²) in [7, 11) is 0. The third kappa shape index (κ3) is 20.3. The summed E-state index contributed by atoms with van der Waals surface area (Å²) >= 11 is 0. The molecule has 0 aromatic carbocycles. The summed E-state index contributed by atoms with van der Waals surface area (Å²) in [6, 6.07) is 0. The van der Waals surface area contributed by atoms with Crippen molar-refractivity contribution in [1.29, 1.82) is 0 Å². The first-order valence-electron chi connectivity index (χ1n) is 9.25. The van der Waals surface area contributed by atoms with Gasteiger partial charge in [0.15, 0.2) is 0 Å². The number of Topliss-reactive ketones (excluding diaryl/α,β-unsaturated/α-hetero) is 2. The van der Waals surface area contributed by atoms with Crippen LogP contribution in [0.5, 0.6) is 0 Å². The number of carboxylic acids is 2. The van der Waals surface area contributed by atoms with E-state index < -0.39 is 11.9 Å². The van der Waals surface area contributed by atoms with E-state index in [0.717, 1.165) is 12.8 Å². The van der Waals surface area contributed by atoms with Gasteiger partial charge in [0.1, 0.15) is 11.6 Å². The molecule has 2 atom stereocenters. The lowest BCUT2D eigenvalue weighted by Crippen LogP contribution is -2.13. The van der Waals surface area contributed by atoms with E-state index in [0.29, 0.717) is 24.7 Å². The van der Waals surface area contributed by atoms with Gasteiger partial charge in [-0.3, -0.25) is 9.59 Å². The number of rotatable bonds is 12. The van der Waals surface area contributed by atoms with Crippen molar-refractivity contribution in [3.05, 3.63) is 0 Å². The van der Waals surface area contributed by atoms with E-state index >= 15 is 0 Å². The van der Waals surface area contributed by atoms with E-state index in [1.807, 2.05) is 27.7 Å². The maximum Gasteiger partial charge on any atom is 0.303 e. The van der Waals surface area contributed by atoms with Crippen molar-refractivity contribution in [2.24, 2.45) is 23.7 Å². The lowest BCUT2D eigenvalue weighted by molar-refractivity contribution is -0.139. The minimum absolute atomic E-state index is 0.00926. The standard InChI is InChI=1S/2C10H18O3/c2*1-7(2)4-9(5-8(3)11)6-10(12)13/h2*7,9H,4-6H2,1-3H3,(H,12,13)/t2*9-/m10/s1. The van der Waals surface area contributed by atoms with Crippen molar-refractivity contribution < 1.29 is 29.4 Å². The Morgan fingerprint density at radius 1 is 0.615 bits per heavy atom. The molecule has 152 valence electrons. The summed E-state index contributed by atoms with van der Waals surface area (Å²) in [5.41, 5.74) is 0. The van der Waals surface area contributed by atoms with Crippen LogP contribution in [-0.4, -0.2) is 33.7 Å². The van der Waals surface area contributed by atoms with Crippen molar-refractivity contribution in [3.8, 4) is 0 Å². The van der Waals surface area contributed by atoms with Crippen LogP contribution in [0.25, 0.3) is 0 Å². The lowest BCUT2D eigenvalue weighted by atomic mass is 9.90. The zero-order valence-corrected chi connectivity index (χ0v) is 17.1. The molecule has 0 aliphatic carbocycles. The van der Waals surface area contributed by atoms with Crippen LogP contribution < -0.4 is 0 Å². The molecule has 0 bridgehead atoms. The Balaban J connectivity index is 0. The molecule has 0 aliphatic heterocycles. The first kappa shape index (κ1) is 26.5.